The topological polar surface area (TPSA) is 36.1 Å². The molecule has 0 atom stereocenters. The van der Waals surface area contributed by atoms with Crippen molar-refractivity contribution in [1.82, 2.24) is 9.88 Å². The lowest BCUT2D eigenvalue weighted by Crippen LogP contribution is -2.24. The Hall–Kier alpha value is -1.33. The zero-order valence-electron chi connectivity index (χ0n) is 11.1. The van der Waals surface area contributed by atoms with Gasteiger partial charge in [0.05, 0.1) is 5.75 Å². The molecule has 0 radical (unpaired) electrons. The second-order valence-electron chi connectivity index (χ2n) is 4.92. The van der Waals surface area contributed by atoms with Crippen LogP contribution in [0, 0.1) is 0 Å². The number of aromatic amines is 1. The monoisotopic (exact) mass is 304 g/mol. The molecule has 2 heterocycles. The number of carbonyl (C=O) groups excluding carboxylic acids is 1. The summed E-state index contributed by atoms with van der Waals surface area (Å²) in [5.74, 6) is 0.547. The largest absolute Gasteiger partial charge is 0.360 e. The maximum atomic E-state index is 12.3. The van der Waals surface area contributed by atoms with Crippen molar-refractivity contribution in [3.8, 4) is 0 Å². The molecule has 1 aromatic heterocycles. The first-order valence-electron chi connectivity index (χ1n) is 6.77. The fourth-order valence-corrected chi connectivity index (χ4v) is 3.63. The molecule has 0 amide bonds. The van der Waals surface area contributed by atoms with Gasteiger partial charge in [-0.05, 0) is 18.9 Å². The van der Waals surface area contributed by atoms with Crippen molar-refractivity contribution < 1.29 is 4.79 Å². The van der Waals surface area contributed by atoms with Gasteiger partial charge in [0.15, 0.2) is 5.78 Å². The second kappa shape index (κ2) is 5.97. The van der Waals surface area contributed by atoms with Crippen LogP contribution in [0.25, 0.3) is 10.9 Å². The van der Waals surface area contributed by atoms with E-state index in [9.17, 15) is 4.79 Å². The van der Waals surface area contributed by atoms with E-state index >= 15 is 0 Å². The van der Waals surface area contributed by atoms with Crippen LogP contribution in [0.3, 0.4) is 0 Å². The van der Waals surface area contributed by atoms with Crippen molar-refractivity contribution in [2.75, 3.05) is 18.8 Å². The van der Waals surface area contributed by atoms with Crippen molar-refractivity contribution >= 4 is 45.0 Å². The lowest BCUT2D eigenvalue weighted by atomic mass is 10.1. The summed E-state index contributed by atoms with van der Waals surface area (Å²) in [6, 6.07) is 7.87. The number of ketones is 1. The summed E-state index contributed by atoms with van der Waals surface area (Å²) in [7, 11) is 0. The van der Waals surface area contributed by atoms with Gasteiger partial charge < -0.3 is 9.88 Å². The molecule has 20 heavy (non-hydrogen) atoms. The van der Waals surface area contributed by atoms with Gasteiger partial charge in [-0.1, -0.05) is 42.2 Å². The van der Waals surface area contributed by atoms with Gasteiger partial charge in [-0.25, -0.2) is 0 Å². The molecule has 0 spiro atoms. The number of carbonyl (C=O) groups is 1. The minimum atomic E-state index is 0.133. The Bertz CT molecular complexity index is 644. The van der Waals surface area contributed by atoms with Gasteiger partial charge in [0.1, 0.15) is 4.32 Å². The quantitative estimate of drug-likeness (QED) is 0.696. The molecular weight excluding hydrogens is 288 g/mol. The summed E-state index contributed by atoms with van der Waals surface area (Å²) in [6.45, 7) is 2.07. The number of para-hydroxylation sites is 1. The van der Waals surface area contributed by atoms with E-state index in [1.165, 1.54) is 24.6 Å². The van der Waals surface area contributed by atoms with Crippen molar-refractivity contribution in [3.63, 3.8) is 0 Å². The van der Waals surface area contributed by atoms with Crippen molar-refractivity contribution in [2.45, 2.75) is 12.8 Å². The third kappa shape index (κ3) is 2.74. The standard InChI is InChI=1S/C15H16N2OS2/c18-14(10-20-15(19)17-7-3-4-8-17)12-9-16-13-6-2-1-5-11(12)13/h1-2,5-6,9,16H,3-4,7-8,10H2. The van der Waals surface area contributed by atoms with Crippen LogP contribution in [0.4, 0.5) is 0 Å². The zero-order chi connectivity index (χ0) is 13.9. The number of likely N-dealkylation sites (tertiary alicyclic amines) is 1. The minimum Gasteiger partial charge on any atom is -0.360 e. The van der Waals surface area contributed by atoms with E-state index in [1.54, 1.807) is 6.20 Å². The summed E-state index contributed by atoms with van der Waals surface area (Å²) < 4.78 is 0.857. The van der Waals surface area contributed by atoms with Gasteiger partial charge in [0.2, 0.25) is 0 Å². The lowest BCUT2D eigenvalue weighted by Gasteiger charge is -2.17. The molecule has 1 aromatic carbocycles. The highest BCUT2D eigenvalue weighted by atomic mass is 32.2. The molecule has 1 aliphatic heterocycles. The number of H-pyrrole nitrogens is 1. The predicted molar refractivity (Wildman–Crippen MR) is 88.5 cm³/mol. The Balaban J connectivity index is 1.66. The molecule has 3 rings (SSSR count). The highest BCUT2D eigenvalue weighted by molar-refractivity contribution is 8.23. The van der Waals surface area contributed by atoms with Gasteiger partial charge in [-0.2, -0.15) is 0 Å². The predicted octanol–water partition coefficient (Wildman–Crippen LogP) is 3.46. The van der Waals surface area contributed by atoms with Gasteiger partial charge in [-0.3, -0.25) is 4.79 Å². The fraction of sp³-hybridized carbons (Fsp3) is 0.333. The zero-order valence-corrected chi connectivity index (χ0v) is 12.7. The molecule has 0 aliphatic carbocycles. The number of hydrogen-bond acceptors (Lipinski definition) is 3. The molecule has 0 unspecified atom stereocenters. The van der Waals surface area contributed by atoms with E-state index in [0.717, 1.165) is 33.9 Å². The summed E-state index contributed by atoms with van der Waals surface area (Å²) in [4.78, 5) is 17.7. The molecule has 104 valence electrons. The molecule has 1 fully saturated rings. The maximum Gasteiger partial charge on any atom is 0.175 e. The Labute approximate surface area is 127 Å². The number of nitrogens with zero attached hydrogens (tertiary/aromatic N) is 1. The number of aromatic nitrogens is 1. The van der Waals surface area contributed by atoms with Crippen LogP contribution < -0.4 is 0 Å². The minimum absolute atomic E-state index is 0.133. The molecular formula is C15H16N2OS2. The summed E-state index contributed by atoms with van der Waals surface area (Å²) in [6.07, 6.45) is 4.21. The van der Waals surface area contributed by atoms with Crippen LogP contribution in [0.5, 0.6) is 0 Å². The molecule has 1 aliphatic rings. The number of Topliss-reactive ketones (excluding diaryl/α,β-unsaturated/α-hetero) is 1. The Morgan fingerprint density at radius 2 is 2.05 bits per heavy atom. The average molecular weight is 304 g/mol. The Morgan fingerprint density at radius 1 is 1.30 bits per heavy atom. The number of hydrogen-bond donors (Lipinski definition) is 1. The molecule has 3 nitrogen and oxygen atoms in total. The van der Waals surface area contributed by atoms with Crippen LogP contribution in [-0.2, 0) is 0 Å². The number of thioether (sulfide) groups is 1. The molecule has 0 bridgehead atoms. The lowest BCUT2D eigenvalue weighted by molar-refractivity contribution is 0.102. The van der Waals surface area contributed by atoms with E-state index < -0.39 is 0 Å². The fourth-order valence-electron chi connectivity index (χ4n) is 2.50. The van der Waals surface area contributed by atoms with Gasteiger partial charge >= 0.3 is 0 Å². The van der Waals surface area contributed by atoms with E-state index in [0.29, 0.717) is 5.75 Å². The number of rotatable bonds is 3. The third-order valence-electron chi connectivity index (χ3n) is 3.58. The number of thiocarbonyl (C=S) groups is 1. The molecule has 1 N–H and O–H groups in total. The molecule has 5 heteroatoms. The van der Waals surface area contributed by atoms with E-state index in [1.807, 2.05) is 24.3 Å². The number of fused-ring (bicyclic) bond motifs is 1. The summed E-state index contributed by atoms with van der Waals surface area (Å²) in [5, 5.41) is 0.991. The second-order valence-corrected chi connectivity index (χ2v) is 6.53. The summed E-state index contributed by atoms with van der Waals surface area (Å²) in [5.41, 5.74) is 1.76. The highest BCUT2D eigenvalue weighted by Gasteiger charge is 2.17. The SMILES string of the molecule is O=C(CSC(=S)N1CCCC1)c1c[nH]c2ccccc12. The molecule has 1 saturated heterocycles. The van der Waals surface area contributed by atoms with Crippen LogP contribution in [0.15, 0.2) is 30.5 Å². The van der Waals surface area contributed by atoms with Crippen molar-refractivity contribution in [1.29, 1.82) is 0 Å². The Morgan fingerprint density at radius 3 is 2.85 bits per heavy atom. The van der Waals surface area contributed by atoms with Gasteiger partial charge in [-0.15, -0.1) is 0 Å². The van der Waals surface area contributed by atoms with E-state index in [4.69, 9.17) is 12.2 Å². The molecule has 2 aromatic rings. The smallest absolute Gasteiger partial charge is 0.175 e. The highest BCUT2D eigenvalue weighted by Crippen LogP contribution is 2.21. The average Bonchev–Trinajstić information content (AvgIpc) is 3.13. The van der Waals surface area contributed by atoms with Crippen LogP contribution in [0.2, 0.25) is 0 Å². The normalized spacial score (nSPS) is 14.9. The number of nitrogens with one attached hydrogen (secondary N) is 1. The van der Waals surface area contributed by atoms with Crippen LogP contribution in [-0.4, -0.2) is 38.8 Å². The van der Waals surface area contributed by atoms with Gasteiger partial charge in [0, 0.05) is 35.8 Å². The maximum absolute atomic E-state index is 12.3. The van der Waals surface area contributed by atoms with E-state index in [-0.39, 0.29) is 5.78 Å². The van der Waals surface area contributed by atoms with E-state index in [2.05, 4.69) is 9.88 Å². The van der Waals surface area contributed by atoms with Gasteiger partial charge in [0.25, 0.3) is 0 Å². The first-order valence-corrected chi connectivity index (χ1v) is 8.16. The van der Waals surface area contributed by atoms with Crippen LogP contribution in [0.1, 0.15) is 23.2 Å². The molecule has 0 saturated carbocycles. The first kappa shape index (κ1) is 13.6. The number of benzene rings is 1. The van der Waals surface area contributed by atoms with Crippen molar-refractivity contribution in [3.05, 3.63) is 36.0 Å². The third-order valence-corrected chi connectivity index (χ3v) is 5.10. The summed E-state index contributed by atoms with van der Waals surface area (Å²) >= 11 is 6.87. The van der Waals surface area contributed by atoms with Crippen LogP contribution >= 0.6 is 24.0 Å². The first-order chi connectivity index (χ1) is 9.75. The van der Waals surface area contributed by atoms with Crippen molar-refractivity contribution in [2.24, 2.45) is 0 Å². The Kier molecular flexibility index (Phi) is 4.08.